The van der Waals surface area contributed by atoms with E-state index in [0.717, 1.165) is 0 Å². The molecule has 0 atom stereocenters. The van der Waals surface area contributed by atoms with E-state index in [0.29, 0.717) is 0 Å². The van der Waals surface area contributed by atoms with Crippen molar-refractivity contribution in [1.29, 1.82) is 0 Å². The molecule has 0 aliphatic rings. The third-order valence-corrected chi connectivity index (χ3v) is 0. The van der Waals surface area contributed by atoms with Crippen LogP contribution in [0.15, 0.2) is 0 Å². The van der Waals surface area contributed by atoms with Crippen LogP contribution in [0.25, 0.3) is 24.6 Å². The van der Waals surface area contributed by atoms with Gasteiger partial charge in [-0.05, 0) is 0 Å². The zero-order chi connectivity index (χ0) is 5.41. The van der Waals surface area contributed by atoms with Crippen molar-refractivity contribution in [3.05, 3.63) is 24.6 Å². The van der Waals surface area contributed by atoms with E-state index < -0.39 is 33.0 Å². The fourth-order valence-electron chi connectivity index (χ4n) is 0. The maximum Gasteiger partial charge on any atom is 0 e. The summed E-state index contributed by atoms with van der Waals surface area (Å²) in [5.74, 6) is 0. The van der Waals surface area contributed by atoms with Crippen LogP contribution in [0.4, 0.5) is 0 Å². The van der Waals surface area contributed by atoms with Crippen LogP contribution in [0.1, 0.15) is 2.85 Å². The summed E-state index contributed by atoms with van der Waals surface area (Å²) in [6, 6.07) is 0. The third kappa shape index (κ3) is 346. The topological polar surface area (TPSA) is 260 Å². The number of nitrogens with two attached hydrogens (primary N) is 4. The Morgan fingerprint density at radius 1 is 0.533 bits per heavy atom. The van der Waals surface area contributed by atoms with Gasteiger partial charge in [-0.2, -0.15) is 0 Å². The summed E-state index contributed by atoms with van der Waals surface area (Å²) in [5, 5.41) is 0. The van der Waals surface area contributed by atoms with E-state index in [1.54, 1.807) is 0 Å². The first kappa shape index (κ1) is 101. The van der Waals surface area contributed by atoms with Crippen molar-refractivity contribution in [2.75, 3.05) is 0 Å². The fraction of sp³-hybridized carbons (Fsp3) is 0. The Morgan fingerprint density at radius 2 is 0.533 bits per heavy atom. The molecule has 0 radical (unpaired) electrons. The molecule has 0 aromatic heterocycles. The van der Waals surface area contributed by atoms with Crippen LogP contribution in [0.2, 0.25) is 0 Å². The number of hydrogen-bond donors (Lipinski definition) is 0. The molecule has 0 aromatic carbocycles. The van der Waals surface area contributed by atoms with Gasteiger partial charge in [0.15, 0.2) is 0 Å². The van der Waals surface area contributed by atoms with Gasteiger partial charge in [0.1, 0.15) is 0 Å². The van der Waals surface area contributed by atoms with Gasteiger partial charge in [-0.25, -0.2) is 0 Å². The summed E-state index contributed by atoms with van der Waals surface area (Å²) in [7, 11) is 19.5. The van der Waals surface area contributed by atoms with Crippen LogP contribution < -0.4 is 0 Å². The van der Waals surface area contributed by atoms with Crippen molar-refractivity contribution in [1.82, 2.24) is 0 Å². The fourth-order valence-corrected chi connectivity index (χ4v) is 0. The summed E-state index contributed by atoms with van der Waals surface area (Å²) in [6.45, 7) is 0. The number of hydrogen-bond acceptors (Lipinski definition) is 0. The first-order valence-electron chi connectivity index (χ1n) is 0.478. The molecule has 15 heavy (non-hydrogen) atoms. The second-order valence-corrected chi connectivity index (χ2v) is 6.66. The van der Waals surface area contributed by atoms with E-state index in [2.05, 4.69) is 0 Å². The smallest absolute Gasteiger partial charge is 0 e. The minimum atomic E-state index is -0.472. The molecule has 8 nitrogen and oxygen atoms in total. The SMILES string of the molecule is O.O.O.O.[Ca+2].[Cl][Pt+2][Cl].[Cl][Pt+2][Cl].[HH].[HH].[NH2-].[NH2-].[NH2-].[NH2-]. The van der Waals surface area contributed by atoms with E-state index >= 15 is 0 Å². The summed E-state index contributed by atoms with van der Waals surface area (Å²) < 4.78 is 0. The monoisotopic (exact) mass is 710 g/mol. The Balaban J connectivity index is -0.00000000104. The second-order valence-electron chi connectivity index (χ2n) is 0.0904. The quantitative estimate of drug-likeness (QED) is 0.328. The molecule has 0 spiro atoms. The maximum absolute atomic E-state index is 4.88. The first-order chi connectivity index (χ1) is 2.83. The molecule has 0 aliphatic carbocycles. The molecule has 0 aromatic rings. The molecule has 0 saturated heterocycles. The molecule has 0 fully saturated rings. The van der Waals surface area contributed by atoms with Crippen LogP contribution in [0.5, 0.6) is 0 Å². The summed E-state index contributed by atoms with van der Waals surface area (Å²) in [5.41, 5.74) is 0. The number of rotatable bonds is 0. The summed E-state index contributed by atoms with van der Waals surface area (Å²) >= 11 is -0.944. The molecule has 0 amide bonds. The molecule has 0 saturated carbocycles. The van der Waals surface area contributed by atoms with Gasteiger partial charge in [-0.15, -0.1) is 0 Å². The van der Waals surface area contributed by atoms with Gasteiger partial charge in [0.2, 0.25) is 0 Å². The molecule has 0 aliphatic heterocycles. The van der Waals surface area contributed by atoms with Gasteiger partial charge >= 0.3 is 108 Å². The molecular weight excluding hydrogens is 692 g/mol. The van der Waals surface area contributed by atoms with Gasteiger partial charge in [0.05, 0.1) is 0 Å². The minimum Gasteiger partial charge on any atom is -0.693 e. The van der Waals surface area contributed by atoms with E-state index in [9.17, 15) is 0 Å². The molecule has 15 heteroatoms. The summed E-state index contributed by atoms with van der Waals surface area (Å²) in [6.07, 6.45) is 0. The van der Waals surface area contributed by atoms with Crippen LogP contribution in [-0.4, -0.2) is 59.6 Å². The average Bonchev–Trinajstić information content (AvgIpc) is 1.39. The molecule has 0 bridgehead atoms. The molecule has 16 N–H and O–H groups in total. The molecule has 0 heterocycles. The van der Waals surface area contributed by atoms with Crippen LogP contribution in [-0.2, 0) is 33.0 Å². The van der Waals surface area contributed by atoms with E-state index in [1.165, 1.54) is 0 Å². The van der Waals surface area contributed by atoms with Gasteiger partial charge in [0, 0.05) is 2.85 Å². The Bertz CT molecular complexity index is 43.5. The normalized spacial score (nSPS) is 2.93. The standard InChI is InChI=1S/Ca.4ClH.4H2N.4H2O.2Pt.2H2/h;4*1H;8*1H2;;;2*1H/q+2;;;;;4*-1;;;;;2*+4;;/p-4. The number of halogens is 4. The molecule has 0 unspecified atom stereocenters. The van der Waals surface area contributed by atoms with Crippen LogP contribution in [0.3, 0.4) is 0 Å². The van der Waals surface area contributed by atoms with Gasteiger partial charge < -0.3 is 46.5 Å². The Hall–Kier alpha value is 3.48. The van der Waals surface area contributed by atoms with Crippen molar-refractivity contribution in [2.45, 2.75) is 0 Å². The van der Waals surface area contributed by atoms with Gasteiger partial charge in [-0.3, -0.25) is 0 Å². The van der Waals surface area contributed by atoms with Crippen molar-refractivity contribution >= 4 is 75.4 Å². The van der Waals surface area contributed by atoms with E-state index in [4.69, 9.17) is 37.7 Å². The predicted octanol–water partition coefficient (Wildman–Crippen LogP) is 2.43. The third-order valence-electron chi connectivity index (χ3n) is 0. The minimum absolute atomic E-state index is 0. The van der Waals surface area contributed by atoms with Crippen molar-refractivity contribution in [3.63, 3.8) is 0 Å². The Labute approximate surface area is 155 Å². The van der Waals surface area contributed by atoms with Crippen LogP contribution >= 0.6 is 37.7 Å². The first-order valence-corrected chi connectivity index (χ1v) is 11.7. The van der Waals surface area contributed by atoms with Crippen molar-refractivity contribution in [2.24, 2.45) is 0 Å². The van der Waals surface area contributed by atoms with Crippen molar-refractivity contribution < 1.29 is 57.7 Å². The molecular formula is H20CaCl4N4O4Pt2+2. The Kier molecular flexibility index (Phi) is 1060. The zero-order valence-corrected chi connectivity index (χ0v) is 16.9. The van der Waals surface area contributed by atoms with Gasteiger partial charge in [0.25, 0.3) is 0 Å². The van der Waals surface area contributed by atoms with E-state index in [-0.39, 0.29) is 87.1 Å². The van der Waals surface area contributed by atoms with Crippen molar-refractivity contribution in [3.8, 4) is 0 Å². The average molecular weight is 712 g/mol. The van der Waals surface area contributed by atoms with Crippen LogP contribution in [0, 0.1) is 0 Å². The summed E-state index contributed by atoms with van der Waals surface area (Å²) in [4.78, 5) is 0. The maximum atomic E-state index is 4.88. The Morgan fingerprint density at radius 3 is 0.533 bits per heavy atom. The molecule has 0 rings (SSSR count). The van der Waals surface area contributed by atoms with Gasteiger partial charge in [-0.1, -0.05) is 0 Å². The second kappa shape index (κ2) is 158. The largest absolute Gasteiger partial charge is 0.693 e. The zero-order valence-electron chi connectivity index (χ0n) is 7.16. The van der Waals surface area contributed by atoms with E-state index in [1.807, 2.05) is 0 Å². The molecule has 112 valence electrons. The predicted molar refractivity (Wildman–Crippen MR) is 69.0 cm³/mol.